The van der Waals surface area contributed by atoms with E-state index < -0.39 is 0 Å². The van der Waals surface area contributed by atoms with Gasteiger partial charge in [0.25, 0.3) is 0 Å². The zero-order valence-corrected chi connectivity index (χ0v) is 9.40. The number of aryl methyl sites for hydroxylation is 2. The van der Waals surface area contributed by atoms with E-state index in [1.807, 2.05) is 13.3 Å². The topological polar surface area (TPSA) is 29.9 Å². The van der Waals surface area contributed by atoms with Crippen LogP contribution in [0.25, 0.3) is 5.69 Å². The van der Waals surface area contributed by atoms with Gasteiger partial charge in [-0.05, 0) is 43.5 Å². The fourth-order valence-corrected chi connectivity index (χ4v) is 2.18. The molecule has 0 fully saturated rings. The SMILES string of the molecule is Cc1cn(-c2ccc3c(c2)CCCN3)cn1. The molecule has 0 bridgehead atoms. The lowest BCUT2D eigenvalue weighted by Gasteiger charge is -2.18. The van der Waals surface area contributed by atoms with Crippen molar-refractivity contribution in [3.05, 3.63) is 42.0 Å². The van der Waals surface area contributed by atoms with Crippen molar-refractivity contribution in [3.63, 3.8) is 0 Å². The molecule has 2 aromatic rings. The number of aromatic nitrogens is 2. The molecule has 1 aliphatic rings. The number of benzene rings is 1. The molecular weight excluding hydrogens is 198 g/mol. The molecule has 0 amide bonds. The van der Waals surface area contributed by atoms with Crippen molar-refractivity contribution in [2.24, 2.45) is 0 Å². The van der Waals surface area contributed by atoms with E-state index in [-0.39, 0.29) is 0 Å². The van der Waals surface area contributed by atoms with E-state index >= 15 is 0 Å². The largest absolute Gasteiger partial charge is 0.385 e. The first-order chi connectivity index (χ1) is 7.83. The van der Waals surface area contributed by atoms with Gasteiger partial charge in [0, 0.05) is 24.1 Å². The third-order valence-corrected chi connectivity index (χ3v) is 3.04. The van der Waals surface area contributed by atoms with Crippen LogP contribution in [-0.4, -0.2) is 16.1 Å². The van der Waals surface area contributed by atoms with E-state index in [1.165, 1.54) is 29.8 Å². The number of nitrogens with one attached hydrogen (secondary N) is 1. The Morgan fingerprint density at radius 3 is 3.12 bits per heavy atom. The Morgan fingerprint density at radius 2 is 2.31 bits per heavy atom. The number of rotatable bonds is 1. The Morgan fingerprint density at radius 1 is 1.38 bits per heavy atom. The lowest BCUT2D eigenvalue weighted by atomic mass is 10.0. The summed E-state index contributed by atoms with van der Waals surface area (Å²) in [5.74, 6) is 0. The Labute approximate surface area is 95.1 Å². The van der Waals surface area contributed by atoms with Crippen LogP contribution < -0.4 is 5.32 Å². The lowest BCUT2D eigenvalue weighted by molar-refractivity contribution is 0.828. The first kappa shape index (κ1) is 9.46. The smallest absolute Gasteiger partial charge is 0.0995 e. The molecule has 0 atom stereocenters. The van der Waals surface area contributed by atoms with Gasteiger partial charge in [-0.25, -0.2) is 4.98 Å². The second kappa shape index (κ2) is 3.67. The van der Waals surface area contributed by atoms with Crippen LogP contribution in [0, 0.1) is 6.92 Å². The maximum atomic E-state index is 4.25. The van der Waals surface area contributed by atoms with Crippen molar-refractivity contribution in [2.45, 2.75) is 19.8 Å². The predicted molar refractivity (Wildman–Crippen MR) is 65.1 cm³/mol. The quantitative estimate of drug-likeness (QED) is 0.789. The van der Waals surface area contributed by atoms with Crippen LogP contribution in [-0.2, 0) is 6.42 Å². The first-order valence-electron chi connectivity index (χ1n) is 5.71. The van der Waals surface area contributed by atoms with E-state index in [4.69, 9.17) is 0 Å². The minimum Gasteiger partial charge on any atom is -0.385 e. The van der Waals surface area contributed by atoms with Gasteiger partial charge >= 0.3 is 0 Å². The maximum absolute atomic E-state index is 4.25. The molecule has 82 valence electrons. The molecule has 0 unspecified atom stereocenters. The monoisotopic (exact) mass is 213 g/mol. The number of anilines is 1. The molecule has 0 radical (unpaired) electrons. The Bertz CT molecular complexity index is 514. The van der Waals surface area contributed by atoms with Gasteiger partial charge in [0.2, 0.25) is 0 Å². The maximum Gasteiger partial charge on any atom is 0.0995 e. The molecule has 3 heteroatoms. The summed E-state index contributed by atoms with van der Waals surface area (Å²) in [5.41, 5.74) is 4.95. The summed E-state index contributed by atoms with van der Waals surface area (Å²) in [6.07, 6.45) is 6.31. The average Bonchev–Trinajstić information content (AvgIpc) is 2.75. The Balaban J connectivity index is 2.02. The Hall–Kier alpha value is -1.77. The lowest BCUT2D eigenvalue weighted by Crippen LogP contribution is -2.11. The van der Waals surface area contributed by atoms with Crippen molar-refractivity contribution < 1.29 is 0 Å². The molecule has 0 aliphatic carbocycles. The van der Waals surface area contributed by atoms with Crippen molar-refractivity contribution in [1.29, 1.82) is 0 Å². The second-order valence-corrected chi connectivity index (χ2v) is 4.29. The zero-order valence-electron chi connectivity index (χ0n) is 9.40. The van der Waals surface area contributed by atoms with Crippen LogP contribution >= 0.6 is 0 Å². The minimum atomic E-state index is 1.05. The highest BCUT2D eigenvalue weighted by Gasteiger charge is 2.09. The Kier molecular flexibility index (Phi) is 2.17. The number of hydrogen-bond donors (Lipinski definition) is 1. The molecular formula is C13H15N3. The fourth-order valence-electron chi connectivity index (χ4n) is 2.18. The molecule has 1 N–H and O–H groups in total. The van der Waals surface area contributed by atoms with E-state index in [2.05, 4.69) is 39.3 Å². The van der Waals surface area contributed by atoms with Crippen molar-refractivity contribution in [2.75, 3.05) is 11.9 Å². The van der Waals surface area contributed by atoms with Gasteiger partial charge in [-0.1, -0.05) is 0 Å². The predicted octanol–water partition coefficient (Wildman–Crippen LogP) is 2.54. The van der Waals surface area contributed by atoms with Crippen LogP contribution in [0.1, 0.15) is 17.7 Å². The van der Waals surface area contributed by atoms with Crippen molar-refractivity contribution in [3.8, 4) is 5.69 Å². The van der Waals surface area contributed by atoms with Crippen LogP contribution in [0.15, 0.2) is 30.7 Å². The third-order valence-electron chi connectivity index (χ3n) is 3.04. The molecule has 0 saturated heterocycles. The molecule has 1 aromatic heterocycles. The van der Waals surface area contributed by atoms with Gasteiger partial charge in [-0.2, -0.15) is 0 Å². The van der Waals surface area contributed by atoms with E-state index in [0.29, 0.717) is 0 Å². The fraction of sp³-hybridized carbons (Fsp3) is 0.308. The number of imidazole rings is 1. The average molecular weight is 213 g/mol. The molecule has 0 spiro atoms. The molecule has 0 saturated carbocycles. The summed E-state index contributed by atoms with van der Waals surface area (Å²) in [6, 6.07) is 6.56. The second-order valence-electron chi connectivity index (χ2n) is 4.29. The number of fused-ring (bicyclic) bond motifs is 1. The standard InChI is InChI=1S/C13H15N3/c1-10-8-16(9-15-10)12-4-5-13-11(7-12)3-2-6-14-13/h4-5,7-9,14H,2-3,6H2,1H3. The summed E-state index contributed by atoms with van der Waals surface area (Å²) < 4.78 is 2.07. The highest BCUT2D eigenvalue weighted by molar-refractivity contribution is 5.57. The van der Waals surface area contributed by atoms with E-state index in [1.54, 1.807) is 0 Å². The number of nitrogens with zero attached hydrogens (tertiary/aromatic N) is 2. The van der Waals surface area contributed by atoms with Gasteiger partial charge in [0.05, 0.1) is 12.0 Å². The van der Waals surface area contributed by atoms with Crippen molar-refractivity contribution in [1.82, 2.24) is 9.55 Å². The van der Waals surface area contributed by atoms with Gasteiger partial charge < -0.3 is 9.88 Å². The summed E-state index contributed by atoms with van der Waals surface area (Å²) in [6.45, 7) is 3.10. The van der Waals surface area contributed by atoms with Crippen LogP contribution in [0.2, 0.25) is 0 Å². The number of hydrogen-bond acceptors (Lipinski definition) is 2. The van der Waals surface area contributed by atoms with E-state index in [0.717, 1.165) is 12.2 Å². The van der Waals surface area contributed by atoms with Gasteiger partial charge in [0.15, 0.2) is 0 Å². The van der Waals surface area contributed by atoms with Gasteiger partial charge in [-0.15, -0.1) is 0 Å². The molecule has 16 heavy (non-hydrogen) atoms. The van der Waals surface area contributed by atoms with Crippen LogP contribution in [0.5, 0.6) is 0 Å². The third kappa shape index (κ3) is 1.58. The van der Waals surface area contributed by atoms with Gasteiger partial charge in [-0.3, -0.25) is 0 Å². The zero-order chi connectivity index (χ0) is 11.0. The summed E-state index contributed by atoms with van der Waals surface area (Å²) in [4.78, 5) is 4.25. The highest BCUT2D eigenvalue weighted by Crippen LogP contribution is 2.24. The van der Waals surface area contributed by atoms with Gasteiger partial charge in [0.1, 0.15) is 0 Å². The molecule has 1 aliphatic heterocycles. The van der Waals surface area contributed by atoms with Crippen LogP contribution in [0.4, 0.5) is 5.69 Å². The minimum absolute atomic E-state index is 1.05. The first-order valence-corrected chi connectivity index (χ1v) is 5.71. The highest BCUT2D eigenvalue weighted by atomic mass is 15.0. The molecule has 3 rings (SSSR count). The molecule has 1 aromatic carbocycles. The van der Waals surface area contributed by atoms with Crippen molar-refractivity contribution >= 4 is 5.69 Å². The summed E-state index contributed by atoms with van der Waals surface area (Å²) in [5, 5.41) is 3.42. The summed E-state index contributed by atoms with van der Waals surface area (Å²) >= 11 is 0. The molecule has 3 nitrogen and oxygen atoms in total. The molecule has 2 heterocycles. The van der Waals surface area contributed by atoms with E-state index in [9.17, 15) is 0 Å². The summed E-state index contributed by atoms with van der Waals surface area (Å²) in [7, 11) is 0. The van der Waals surface area contributed by atoms with Crippen LogP contribution in [0.3, 0.4) is 0 Å². The normalized spacial score (nSPS) is 14.3.